The van der Waals surface area contributed by atoms with Gasteiger partial charge in [0.2, 0.25) is 6.79 Å². The Hall–Kier alpha value is -1.59. The molecule has 21 heavy (non-hydrogen) atoms. The topological polar surface area (TPSA) is 48.0 Å². The summed E-state index contributed by atoms with van der Waals surface area (Å²) in [5, 5.41) is 0. The van der Waals surface area contributed by atoms with Gasteiger partial charge >= 0.3 is 0 Å². The van der Waals surface area contributed by atoms with Gasteiger partial charge in [0.05, 0.1) is 6.54 Å². The van der Waals surface area contributed by atoms with Gasteiger partial charge in [-0.25, -0.2) is 0 Å². The summed E-state index contributed by atoms with van der Waals surface area (Å²) < 4.78 is 15.9. The summed E-state index contributed by atoms with van der Waals surface area (Å²) in [6.45, 7) is 3.29. The predicted octanol–water partition coefficient (Wildman–Crippen LogP) is 1.96. The van der Waals surface area contributed by atoms with Crippen LogP contribution in [0.25, 0.3) is 0 Å². The smallest absolute Gasteiger partial charge is 0.231 e. The van der Waals surface area contributed by atoms with Crippen LogP contribution in [0.3, 0.4) is 0 Å². The van der Waals surface area contributed by atoms with Gasteiger partial charge in [0, 0.05) is 25.3 Å². The van der Waals surface area contributed by atoms with Gasteiger partial charge in [-0.3, -0.25) is 9.69 Å². The lowest BCUT2D eigenvalue weighted by molar-refractivity contribution is 0.0549. The molecule has 5 heteroatoms. The van der Waals surface area contributed by atoms with E-state index in [9.17, 15) is 4.79 Å². The highest BCUT2D eigenvalue weighted by Crippen LogP contribution is 2.32. The van der Waals surface area contributed by atoms with Gasteiger partial charge in [-0.05, 0) is 44.0 Å². The molecular formula is C16H21NO4. The second-order valence-electron chi connectivity index (χ2n) is 5.74. The number of likely N-dealkylation sites (N-methyl/N-ethyl adjacent to an activating group) is 1. The number of ketones is 1. The lowest BCUT2D eigenvalue weighted by atomic mass is 9.99. The van der Waals surface area contributed by atoms with Crippen LogP contribution in [0.5, 0.6) is 11.5 Å². The van der Waals surface area contributed by atoms with Gasteiger partial charge in [-0.2, -0.15) is 0 Å². The molecule has 5 nitrogen and oxygen atoms in total. The molecule has 3 rings (SSSR count). The average molecular weight is 291 g/mol. The third-order valence-corrected chi connectivity index (χ3v) is 4.02. The Balaban J connectivity index is 1.55. The van der Waals surface area contributed by atoms with E-state index in [0.29, 0.717) is 29.5 Å². The van der Waals surface area contributed by atoms with Crippen molar-refractivity contribution in [3.63, 3.8) is 0 Å². The molecule has 1 aromatic rings. The lowest BCUT2D eigenvalue weighted by Crippen LogP contribution is -2.33. The van der Waals surface area contributed by atoms with Gasteiger partial charge in [-0.1, -0.05) is 0 Å². The van der Waals surface area contributed by atoms with E-state index in [1.54, 1.807) is 18.2 Å². The molecule has 2 aliphatic heterocycles. The number of benzene rings is 1. The first-order valence-corrected chi connectivity index (χ1v) is 7.41. The number of Topliss-reactive ketones (excluding diaryl/α,β-unsaturated/α-hetero) is 1. The predicted molar refractivity (Wildman–Crippen MR) is 77.9 cm³/mol. The number of hydrogen-bond acceptors (Lipinski definition) is 5. The normalized spacial score (nSPS) is 18.2. The molecular weight excluding hydrogens is 270 g/mol. The standard InChI is InChI=1S/C16H21NO4/c1-17(9-12-4-6-19-7-5-12)10-14(18)13-2-3-15-16(8-13)21-11-20-15/h2-3,8,12H,4-7,9-11H2,1H3. The SMILES string of the molecule is CN(CC(=O)c1ccc2c(c1)OCO2)CC1CCOCC1. The summed E-state index contributed by atoms with van der Waals surface area (Å²) in [6.07, 6.45) is 2.17. The van der Waals surface area contributed by atoms with E-state index < -0.39 is 0 Å². The molecule has 0 amide bonds. The summed E-state index contributed by atoms with van der Waals surface area (Å²) in [7, 11) is 2.00. The van der Waals surface area contributed by atoms with Crippen molar-refractivity contribution in [2.45, 2.75) is 12.8 Å². The monoisotopic (exact) mass is 291 g/mol. The highest BCUT2D eigenvalue weighted by Gasteiger charge is 2.19. The molecule has 2 aliphatic rings. The van der Waals surface area contributed by atoms with Crippen LogP contribution in [0, 0.1) is 5.92 Å². The first-order valence-electron chi connectivity index (χ1n) is 7.41. The number of ether oxygens (including phenoxy) is 3. The summed E-state index contributed by atoms with van der Waals surface area (Å²) in [5.74, 6) is 2.12. The van der Waals surface area contributed by atoms with Crippen molar-refractivity contribution in [2.75, 3.05) is 40.1 Å². The molecule has 0 spiro atoms. The number of nitrogens with zero attached hydrogens (tertiary/aromatic N) is 1. The van der Waals surface area contributed by atoms with Gasteiger partial charge in [0.1, 0.15) is 0 Å². The third-order valence-electron chi connectivity index (χ3n) is 4.02. The molecule has 0 atom stereocenters. The zero-order chi connectivity index (χ0) is 14.7. The second-order valence-corrected chi connectivity index (χ2v) is 5.74. The van der Waals surface area contributed by atoms with Crippen molar-refractivity contribution in [2.24, 2.45) is 5.92 Å². The molecule has 1 saturated heterocycles. The van der Waals surface area contributed by atoms with Crippen molar-refractivity contribution in [3.05, 3.63) is 23.8 Å². The highest BCUT2D eigenvalue weighted by atomic mass is 16.7. The van der Waals surface area contributed by atoms with E-state index in [2.05, 4.69) is 4.90 Å². The Morgan fingerprint density at radius 2 is 2.00 bits per heavy atom. The Kier molecular flexibility index (Phi) is 4.41. The quantitative estimate of drug-likeness (QED) is 0.776. The van der Waals surface area contributed by atoms with E-state index in [1.165, 1.54) is 0 Å². The molecule has 0 radical (unpaired) electrons. The molecule has 0 aromatic heterocycles. The van der Waals surface area contributed by atoms with E-state index in [4.69, 9.17) is 14.2 Å². The molecule has 0 aliphatic carbocycles. The molecule has 0 unspecified atom stereocenters. The van der Waals surface area contributed by atoms with Crippen LogP contribution in [0.4, 0.5) is 0 Å². The fraction of sp³-hybridized carbons (Fsp3) is 0.562. The van der Waals surface area contributed by atoms with Crippen molar-refractivity contribution in [3.8, 4) is 11.5 Å². The summed E-state index contributed by atoms with van der Waals surface area (Å²) in [6, 6.07) is 5.37. The first kappa shape index (κ1) is 14.4. The maximum absolute atomic E-state index is 12.3. The number of fused-ring (bicyclic) bond motifs is 1. The zero-order valence-corrected chi connectivity index (χ0v) is 12.3. The molecule has 0 bridgehead atoms. The van der Waals surface area contributed by atoms with E-state index >= 15 is 0 Å². The zero-order valence-electron chi connectivity index (χ0n) is 12.3. The Morgan fingerprint density at radius 3 is 2.81 bits per heavy atom. The maximum atomic E-state index is 12.3. The molecule has 1 aromatic carbocycles. The number of hydrogen-bond donors (Lipinski definition) is 0. The minimum Gasteiger partial charge on any atom is -0.454 e. The molecule has 2 heterocycles. The number of carbonyl (C=O) groups is 1. The minimum atomic E-state index is 0.114. The van der Waals surface area contributed by atoms with Crippen LogP contribution in [-0.2, 0) is 4.74 Å². The van der Waals surface area contributed by atoms with Crippen molar-refractivity contribution < 1.29 is 19.0 Å². The van der Waals surface area contributed by atoms with E-state index in [-0.39, 0.29) is 12.6 Å². The Morgan fingerprint density at radius 1 is 1.24 bits per heavy atom. The number of rotatable bonds is 5. The van der Waals surface area contributed by atoms with Crippen molar-refractivity contribution >= 4 is 5.78 Å². The van der Waals surface area contributed by atoms with Gasteiger partial charge < -0.3 is 14.2 Å². The van der Waals surface area contributed by atoms with Crippen LogP contribution in [0.2, 0.25) is 0 Å². The third kappa shape index (κ3) is 3.54. The van der Waals surface area contributed by atoms with Crippen LogP contribution in [0.15, 0.2) is 18.2 Å². The van der Waals surface area contributed by atoms with Crippen LogP contribution in [0.1, 0.15) is 23.2 Å². The van der Waals surface area contributed by atoms with E-state index in [1.807, 2.05) is 7.05 Å². The molecule has 0 saturated carbocycles. The molecule has 114 valence electrons. The fourth-order valence-corrected chi connectivity index (χ4v) is 2.84. The van der Waals surface area contributed by atoms with Gasteiger partial charge in [-0.15, -0.1) is 0 Å². The van der Waals surface area contributed by atoms with Crippen LogP contribution in [-0.4, -0.2) is 50.8 Å². The van der Waals surface area contributed by atoms with Crippen molar-refractivity contribution in [1.29, 1.82) is 0 Å². The minimum absolute atomic E-state index is 0.114. The van der Waals surface area contributed by atoms with Crippen molar-refractivity contribution in [1.82, 2.24) is 4.90 Å². The maximum Gasteiger partial charge on any atom is 0.231 e. The summed E-state index contributed by atoms with van der Waals surface area (Å²) in [5.41, 5.74) is 0.679. The first-order chi connectivity index (χ1) is 10.2. The lowest BCUT2D eigenvalue weighted by Gasteiger charge is -2.26. The highest BCUT2D eigenvalue weighted by molar-refractivity contribution is 5.98. The summed E-state index contributed by atoms with van der Waals surface area (Å²) >= 11 is 0. The Bertz CT molecular complexity index is 511. The number of carbonyl (C=O) groups excluding carboxylic acids is 1. The Labute approximate surface area is 124 Å². The van der Waals surface area contributed by atoms with Crippen LogP contribution >= 0.6 is 0 Å². The fourth-order valence-electron chi connectivity index (χ4n) is 2.84. The summed E-state index contributed by atoms with van der Waals surface area (Å²) in [4.78, 5) is 14.4. The molecule has 0 N–H and O–H groups in total. The second kappa shape index (κ2) is 6.45. The molecule has 1 fully saturated rings. The largest absolute Gasteiger partial charge is 0.454 e. The van der Waals surface area contributed by atoms with Crippen LogP contribution < -0.4 is 9.47 Å². The van der Waals surface area contributed by atoms with Gasteiger partial charge in [0.15, 0.2) is 17.3 Å². The average Bonchev–Trinajstić information content (AvgIpc) is 2.95. The van der Waals surface area contributed by atoms with E-state index in [0.717, 1.165) is 32.6 Å². The van der Waals surface area contributed by atoms with Gasteiger partial charge in [0.25, 0.3) is 0 Å².